The molecule has 1 atom stereocenters. The van der Waals surface area contributed by atoms with Gasteiger partial charge in [-0.05, 0) is 43.0 Å². The van der Waals surface area contributed by atoms with Crippen molar-refractivity contribution in [2.75, 3.05) is 25.0 Å². The van der Waals surface area contributed by atoms with E-state index in [4.69, 9.17) is 17.3 Å². The molecule has 1 heterocycles. The predicted octanol–water partition coefficient (Wildman–Crippen LogP) is 2.75. The summed E-state index contributed by atoms with van der Waals surface area (Å²) in [5, 5.41) is 3.21. The molecule has 1 saturated heterocycles. The van der Waals surface area contributed by atoms with Crippen LogP contribution in [0.15, 0.2) is 18.2 Å². The molecule has 2 amide bonds. The minimum atomic E-state index is -0.106. The van der Waals surface area contributed by atoms with Crippen LogP contribution in [0.3, 0.4) is 0 Å². The highest BCUT2D eigenvalue weighted by atomic mass is 35.5. The third kappa shape index (κ3) is 4.69. The first kappa shape index (κ1) is 17.8. The third-order valence-corrected chi connectivity index (χ3v) is 4.31. The molecule has 1 unspecified atom stereocenters. The van der Waals surface area contributed by atoms with Crippen molar-refractivity contribution in [2.24, 2.45) is 17.6 Å². The molecule has 0 saturated carbocycles. The Morgan fingerprint density at radius 1 is 1.43 bits per heavy atom. The van der Waals surface area contributed by atoms with Crippen LogP contribution in [0.1, 0.15) is 37.0 Å². The van der Waals surface area contributed by atoms with Gasteiger partial charge < -0.3 is 16.0 Å². The van der Waals surface area contributed by atoms with Crippen LogP contribution in [0.2, 0.25) is 5.02 Å². The van der Waals surface area contributed by atoms with Crippen molar-refractivity contribution < 1.29 is 9.59 Å². The summed E-state index contributed by atoms with van der Waals surface area (Å²) in [5.41, 5.74) is 6.69. The van der Waals surface area contributed by atoms with E-state index in [2.05, 4.69) is 5.32 Å². The number of carbonyl (C=O) groups is 2. The lowest BCUT2D eigenvalue weighted by atomic mass is 10.1. The number of anilines is 1. The van der Waals surface area contributed by atoms with Crippen LogP contribution in [-0.2, 0) is 4.79 Å². The number of nitrogens with one attached hydrogen (secondary N) is 1. The second kappa shape index (κ2) is 7.79. The molecule has 23 heavy (non-hydrogen) atoms. The summed E-state index contributed by atoms with van der Waals surface area (Å²) in [6.07, 6.45) is 1.36. The molecular weight excluding hydrogens is 314 g/mol. The van der Waals surface area contributed by atoms with E-state index in [0.717, 1.165) is 6.42 Å². The van der Waals surface area contributed by atoms with Crippen molar-refractivity contribution in [3.05, 3.63) is 28.8 Å². The Labute approximate surface area is 142 Å². The van der Waals surface area contributed by atoms with Gasteiger partial charge in [-0.2, -0.15) is 0 Å². The van der Waals surface area contributed by atoms with Crippen molar-refractivity contribution in [1.29, 1.82) is 0 Å². The standard InChI is InChI=1S/C17H24ClN3O2/c1-11(2)7-16(22)20-13-3-4-15(18)14(8-13)17(23)21-6-5-12(9-19)10-21/h3-4,8,11-12H,5-7,9-10,19H2,1-2H3,(H,20,22). The highest BCUT2D eigenvalue weighted by molar-refractivity contribution is 6.34. The van der Waals surface area contributed by atoms with Gasteiger partial charge in [0, 0.05) is 25.2 Å². The van der Waals surface area contributed by atoms with Gasteiger partial charge in [0.1, 0.15) is 0 Å². The van der Waals surface area contributed by atoms with Crippen LogP contribution in [0.5, 0.6) is 0 Å². The van der Waals surface area contributed by atoms with E-state index in [-0.39, 0.29) is 17.7 Å². The molecular formula is C17H24ClN3O2. The molecule has 3 N–H and O–H groups in total. The highest BCUT2D eigenvalue weighted by Gasteiger charge is 2.27. The number of benzene rings is 1. The van der Waals surface area contributed by atoms with Crippen molar-refractivity contribution in [2.45, 2.75) is 26.7 Å². The average molecular weight is 338 g/mol. The van der Waals surface area contributed by atoms with Gasteiger partial charge in [-0.3, -0.25) is 9.59 Å². The zero-order valence-electron chi connectivity index (χ0n) is 13.6. The topological polar surface area (TPSA) is 75.4 Å². The first-order chi connectivity index (χ1) is 10.9. The van der Waals surface area contributed by atoms with Crippen LogP contribution in [0.4, 0.5) is 5.69 Å². The fraction of sp³-hybridized carbons (Fsp3) is 0.529. The number of hydrogen-bond acceptors (Lipinski definition) is 3. The molecule has 1 aliphatic rings. The van der Waals surface area contributed by atoms with E-state index >= 15 is 0 Å². The first-order valence-electron chi connectivity index (χ1n) is 7.99. The number of carbonyl (C=O) groups excluding carboxylic acids is 2. The van der Waals surface area contributed by atoms with Gasteiger partial charge in [0.15, 0.2) is 0 Å². The average Bonchev–Trinajstić information content (AvgIpc) is 2.96. The molecule has 0 radical (unpaired) electrons. The molecule has 0 aliphatic carbocycles. The summed E-state index contributed by atoms with van der Waals surface area (Å²) in [4.78, 5) is 26.3. The molecule has 1 aromatic rings. The number of halogens is 1. The van der Waals surface area contributed by atoms with Crippen molar-refractivity contribution in [3.63, 3.8) is 0 Å². The monoisotopic (exact) mass is 337 g/mol. The molecule has 0 spiro atoms. The smallest absolute Gasteiger partial charge is 0.255 e. The number of likely N-dealkylation sites (tertiary alicyclic amines) is 1. The van der Waals surface area contributed by atoms with Crippen molar-refractivity contribution in [3.8, 4) is 0 Å². The van der Waals surface area contributed by atoms with E-state index in [1.54, 1.807) is 23.1 Å². The van der Waals surface area contributed by atoms with Crippen LogP contribution < -0.4 is 11.1 Å². The largest absolute Gasteiger partial charge is 0.338 e. The Balaban J connectivity index is 2.11. The molecule has 0 bridgehead atoms. The quantitative estimate of drug-likeness (QED) is 0.867. The maximum absolute atomic E-state index is 12.6. The van der Waals surface area contributed by atoms with Crippen molar-refractivity contribution >= 4 is 29.1 Å². The molecule has 126 valence electrons. The predicted molar refractivity (Wildman–Crippen MR) is 92.6 cm³/mol. The van der Waals surface area contributed by atoms with Crippen LogP contribution in [0, 0.1) is 11.8 Å². The molecule has 1 aromatic carbocycles. The first-order valence-corrected chi connectivity index (χ1v) is 8.37. The summed E-state index contributed by atoms with van der Waals surface area (Å²) >= 11 is 6.18. The fourth-order valence-electron chi connectivity index (χ4n) is 2.73. The normalized spacial score (nSPS) is 17.6. The maximum atomic E-state index is 12.6. The van der Waals surface area contributed by atoms with Gasteiger partial charge in [-0.1, -0.05) is 25.4 Å². The van der Waals surface area contributed by atoms with E-state index in [1.807, 2.05) is 13.8 Å². The van der Waals surface area contributed by atoms with Gasteiger partial charge in [0.2, 0.25) is 5.91 Å². The highest BCUT2D eigenvalue weighted by Crippen LogP contribution is 2.25. The lowest BCUT2D eigenvalue weighted by Crippen LogP contribution is -2.30. The SMILES string of the molecule is CC(C)CC(=O)Nc1ccc(Cl)c(C(=O)N2CCC(CN)C2)c1. The Kier molecular flexibility index (Phi) is 6.02. The number of hydrogen-bond donors (Lipinski definition) is 2. The summed E-state index contributed by atoms with van der Waals surface area (Å²) < 4.78 is 0. The third-order valence-electron chi connectivity index (χ3n) is 3.98. The van der Waals surface area contributed by atoms with Crippen molar-refractivity contribution in [1.82, 2.24) is 4.90 Å². The molecule has 6 heteroatoms. The van der Waals surface area contributed by atoms with Gasteiger partial charge in [-0.25, -0.2) is 0 Å². The van der Waals surface area contributed by atoms with Gasteiger partial charge in [-0.15, -0.1) is 0 Å². The summed E-state index contributed by atoms with van der Waals surface area (Å²) in [5.74, 6) is 0.462. The number of amides is 2. The molecule has 2 rings (SSSR count). The van der Waals surface area contributed by atoms with E-state index in [9.17, 15) is 9.59 Å². The zero-order valence-corrected chi connectivity index (χ0v) is 14.4. The molecule has 5 nitrogen and oxygen atoms in total. The second-order valence-electron chi connectivity index (χ2n) is 6.48. The lowest BCUT2D eigenvalue weighted by molar-refractivity contribution is -0.116. The lowest BCUT2D eigenvalue weighted by Gasteiger charge is -2.18. The zero-order chi connectivity index (χ0) is 17.0. The van der Waals surface area contributed by atoms with E-state index in [1.165, 1.54) is 0 Å². The maximum Gasteiger partial charge on any atom is 0.255 e. The van der Waals surface area contributed by atoms with Gasteiger partial charge in [0.25, 0.3) is 5.91 Å². The summed E-state index contributed by atoms with van der Waals surface area (Å²) in [6, 6.07) is 5.01. The van der Waals surface area contributed by atoms with E-state index in [0.29, 0.717) is 48.2 Å². The molecule has 1 fully saturated rings. The molecule has 1 aliphatic heterocycles. The summed E-state index contributed by atoms with van der Waals surface area (Å²) in [6.45, 7) is 5.91. The van der Waals surface area contributed by atoms with Gasteiger partial charge in [0.05, 0.1) is 10.6 Å². The number of rotatable bonds is 5. The van der Waals surface area contributed by atoms with Crippen LogP contribution in [0.25, 0.3) is 0 Å². The minimum Gasteiger partial charge on any atom is -0.338 e. The Morgan fingerprint density at radius 2 is 2.17 bits per heavy atom. The minimum absolute atomic E-state index is 0.0647. The van der Waals surface area contributed by atoms with Gasteiger partial charge >= 0.3 is 0 Å². The van der Waals surface area contributed by atoms with E-state index < -0.39 is 0 Å². The number of nitrogens with two attached hydrogens (primary N) is 1. The summed E-state index contributed by atoms with van der Waals surface area (Å²) in [7, 11) is 0. The Hall–Kier alpha value is -1.59. The Bertz CT molecular complexity index is 589. The Morgan fingerprint density at radius 3 is 2.78 bits per heavy atom. The molecule has 0 aromatic heterocycles. The second-order valence-corrected chi connectivity index (χ2v) is 6.89. The number of nitrogens with zero attached hydrogens (tertiary/aromatic N) is 1. The fourth-order valence-corrected chi connectivity index (χ4v) is 2.93. The van der Waals surface area contributed by atoms with Crippen LogP contribution in [-0.4, -0.2) is 36.3 Å². The van der Waals surface area contributed by atoms with Crippen LogP contribution >= 0.6 is 11.6 Å².